The Morgan fingerprint density at radius 2 is 2.24 bits per heavy atom. The van der Waals surface area contributed by atoms with Gasteiger partial charge >= 0.3 is 0 Å². The van der Waals surface area contributed by atoms with Crippen molar-refractivity contribution in [1.82, 2.24) is 4.57 Å². The molecule has 1 unspecified atom stereocenters. The molecule has 2 atom stereocenters. The number of anilines is 1. The van der Waals surface area contributed by atoms with Crippen LogP contribution in [0.4, 0.5) is 5.69 Å². The zero-order chi connectivity index (χ0) is 14.8. The van der Waals surface area contributed by atoms with Crippen molar-refractivity contribution in [3.8, 4) is 0 Å². The zero-order valence-corrected chi connectivity index (χ0v) is 14.0. The highest BCUT2D eigenvalue weighted by atomic mass is 32.2. The first kappa shape index (κ1) is 14.7. The molecule has 21 heavy (non-hydrogen) atoms. The Bertz CT molecular complexity index is 677. The van der Waals surface area contributed by atoms with Crippen molar-refractivity contribution in [3.05, 3.63) is 45.7 Å². The maximum Gasteiger partial charge on any atom is 0.250 e. The van der Waals surface area contributed by atoms with E-state index in [0.717, 1.165) is 25.1 Å². The van der Waals surface area contributed by atoms with Gasteiger partial charge in [-0.2, -0.15) is 0 Å². The lowest BCUT2D eigenvalue weighted by atomic mass is 10.0. The van der Waals surface area contributed by atoms with Crippen LogP contribution in [0.2, 0.25) is 0 Å². The van der Waals surface area contributed by atoms with E-state index in [1.165, 1.54) is 9.77 Å². The van der Waals surface area contributed by atoms with Crippen LogP contribution in [0.25, 0.3) is 0 Å². The second kappa shape index (κ2) is 6.28. The quantitative estimate of drug-likeness (QED) is 0.909. The molecule has 5 heteroatoms. The van der Waals surface area contributed by atoms with Crippen molar-refractivity contribution in [1.29, 1.82) is 0 Å². The fourth-order valence-electron chi connectivity index (χ4n) is 2.72. The van der Waals surface area contributed by atoms with Crippen LogP contribution < -0.4 is 10.9 Å². The van der Waals surface area contributed by atoms with Crippen molar-refractivity contribution in [2.75, 3.05) is 5.32 Å². The van der Waals surface area contributed by atoms with Gasteiger partial charge in [0.1, 0.15) is 0 Å². The Morgan fingerprint density at radius 1 is 1.38 bits per heavy atom. The van der Waals surface area contributed by atoms with Crippen LogP contribution in [0.15, 0.2) is 38.8 Å². The van der Waals surface area contributed by atoms with Gasteiger partial charge in [0.15, 0.2) is 0 Å². The van der Waals surface area contributed by atoms with Gasteiger partial charge in [-0.3, -0.25) is 4.79 Å². The molecule has 1 N–H and O–H groups in total. The molecule has 0 saturated heterocycles. The van der Waals surface area contributed by atoms with Gasteiger partial charge in [-0.15, -0.1) is 23.1 Å². The van der Waals surface area contributed by atoms with Gasteiger partial charge in [0.05, 0.1) is 15.9 Å². The number of thiophene rings is 1. The van der Waals surface area contributed by atoms with Gasteiger partial charge < -0.3 is 9.88 Å². The summed E-state index contributed by atoms with van der Waals surface area (Å²) in [5.41, 5.74) is 2.51. The number of fused-ring (bicyclic) bond motifs is 1. The Labute approximate surface area is 133 Å². The third kappa shape index (κ3) is 3.19. The normalized spacial score (nSPS) is 21.0. The molecule has 0 amide bonds. The summed E-state index contributed by atoms with van der Waals surface area (Å²) in [5, 5.41) is 6.40. The fraction of sp³-hybridized carbons (Fsp3) is 0.438. The highest BCUT2D eigenvalue weighted by Gasteiger charge is 2.26. The summed E-state index contributed by atoms with van der Waals surface area (Å²) in [6.07, 6.45) is 4.03. The molecule has 0 aliphatic carbocycles. The van der Waals surface area contributed by atoms with Crippen LogP contribution >= 0.6 is 23.1 Å². The molecule has 2 aromatic rings. The second-order valence-corrected chi connectivity index (χ2v) is 8.10. The summed E-state index contributed by atoms with van der Waals surface area (Å²) in [5.74, 6) is 0. The molecule has 1 aliphatic heterocycles. The van der Waals surface area contributed by atoms with E-state index in [-0.39, 0.29) is 5.56 Å². The number of rotatable bonds is 4. The van der Waals surface area contributed by atoms with Crippen LogP contribution in [-0.2, 0) is 6.54 Å². The summed E-state index contributed by atoms with van der Waals surface area (Å²) in [7, 11) is 0. The minimum absolute atomic E-state index is 0.0752. The van der Waals surface area contributed by atoms with Crippen LogP contribution in [-0.4, -0.2) is 9.82 Å². The second-order valence-electron chi connectivity index (χ2n) is 5.47. The Morgan fingerprint density at radius 3 is 3.05 bits per heavy atom. The number of thioether (sulfide) groups is 1. The third-order valence-electron chi connectivity index (χ3n) is 3.70. The fourth-order valence-corrected chi connectivity index (χ4v) is 5.29. The molecule has 0 radical (unpaired) electrons. The molecule has 112 valence electrons. The lowest BCUT2D eigenvalue weighted by Crippen LogP contribution is -2.22. The van der Waals surface area contributed by atoms with Crippen molar-refractivity contribution < 1.29 is 0 Å². The number of nitrogens with zero attached hydrogens (tertiary/aromatic N) is 1. The van der Waals surface area contributed by atoms with Crippen molar-refractivity contribution >= 4 is 28.8 Å². The third-order valence-corrected chi connectivity index (χ3v) is 6.04. The topological polar surface area (TPSA) is 34.0 Å². The van der Waals surface area contributed by atoms with Crippen LogP contribution in [0.3, 0.4) is 0 Å². The number of hydrogen-bond donors (Lipinski definition) is 1. The molecule has 0 fully saturated rings. The molecule has 3 nitrogen and oxygen atoms in total. The van der Waals surface area contributed by atoms with E-state index < -0.39 is 0 Å². The average Bonchev–Trinajstić information content (AvgIpc) is 2.91. The number of aryl methyl sites for hydroxylation is 1. The molecule has 3 heterocycles. The molecule has 0 saturated carbocycles. The smallest absolute Gasteiger partial charge is 0.250 e. The van der Waals surface area contributed by atoms with Crippen LogP contribution in [0, 0.1) is 0 Å². The van der Waals surface area contributed by atoms with Gasteiger partial charge in [-0.25, -0.2) is 0 Å². The first-order valence-corrected chi connectivity index (χ1v) is 9.14. The minimum atomic E-state index is 0.0752. The van der Waals surface area contributed by atoms with Gasteiger partial charge in [0, 0.05) is 24.1 Å². The van der Waals surface area contributed by atoms with E-state index in [1.807, 2.05) is 35.4 Å². The van der Waals surface area contributed by atoms with Crippen LogP contribution in [0.1, 0.15) is 38.3 Å². The Kier molecular flexibility index (Phi) is 4.40. The molecule has 0 spiro atoms. The standard InChI is InChI=1S/C16H20N2OS2/c1-3-7-18-10-12(4-5-15(18)19)17-14-9-11(2)21-16-13(14)6-8-20-16/h4-6,8,10-11,14,17H,3,7,9H2,1-2H3/t11-,14?/m0/s1. The van der Waals surface area contributed by atoms with Gasteiger partial charge in [-0.05, 0) is 35.9 Å². The monoisotopic (exact) mass is 320 g/mol. The molecule has 0 bridgehead atoms. The summed E-state index contributed by atoms with van der Waals surface area (Å²) in [6, 6.07) is 6.12. The average molecular weight is 320 g/mol. The van der Waals surface area contributed by atoms with Gasteiger partial charge in [0.25, 0.3) is 5.56 Å². The summed E-state index contributed by atoms with van der Waals surface area (Å²) < 4.78 is 3.21. The molecule has 1 aliphatic rings. The zero-order valence-electron chi connectivity index (χ0n) is 12.3. The van der Waals surface area contributed by atoms with E-state index >= 15 is 0 Å². The maximum atomic E-state index is 11.8. The van der Waals surface area contributed by atoms with Crippen molar-refractivity contribution in [3.63, 3.8) is 0 Å². The van der Waals surface area contributed by atoms with Gasteiger partial charge in [-0.1, -0.05) is 13.8 Å². The summed E-state index contributed by atoms with van der Waals surface area (Å²) >= 11 is 3.79. The highest BCUT2D eigenvalue weighted by Crippen LogP contribution is 2.44. The summed E-state index contributed by atoms with van der Waals surface area (Å²) in [6.45, 7) is 5.14. The largest absolute Gasteiger partial charge is 0.377 e. The number of nitrogens with one attached hydrogen (secondary N) is 1. The molecule has 3 rings (SSSR count). The lowest BCUT2D eigenvalue weighted by molar-refractivity contribution is 0.645. The first-order chi connectivity index (χ1) is 10.2. The Balaban J connectivity index is 1.84. The van der Waals surface area contributed by atoms with E-state index in [9.17, 15) is 4.79 Å². The van der Waals surface area contributed by atoms with Crippen LogP contribution in [0.5, 0.6) is 0 Å². The summed E-state index contributed by atoms with van der Waals surface area (Å²) in [4.78, 5) is 11.8. The number of aromatic nitrogens is 1. The first-order valence-electron chi connectivity index (χ1n) is 7.38. The minimum Gasteiger partial charge on any atom is -0.377 e. The molecular formula is C16H20N2OS2. The van der Waals surface area contributed by atoms with Gasteiger partial charge in [0.2, 0.25) is 0 Å². The lowest BCUT2D eigenvalue weighted by Gasteiger charge is -2.28. The molecule has 2 aromatic heterocycles. The van der Waals surface area contributed by atoms with E-state index in [0.29, 0.717) is 11.3 Å². The highest BCUT2D eigenvalue weighted by molar-refractivity contribution is 8.01. The van der Waals surface area contributed by atoms with E-state index in [1.54, 1.807) is 10.6 Å². The number of pyridine rings is 1. The molecular weight excluding hydrogens is 300 g/mol. The predicted molar refractivity (Wildman–Crippen MR) is 91.6 cm³/mol. The SMILES string of the molecule is CCCn1cc(NC2C[C@H](C)Sc3sccc32)ccc1=O. The van der Waals surface area contributed by atoms with E-state index in [2.05, 4.69) is 30.6 Å². The van der Waals surface area contributed by atoms with Crippen molar-refractivity contribution in [2.45, 2.75) is 48.7 Å². The maximum absolute atomic E-state index is 11.8. The van der Waals surface area contributed by atoms with E-state index in [4.69, 9.17) is 0 Å². The van der Waals surface area contributed by atoms with Crippen molar-refractivity contribution in [2.24, 2.45) is 0 Å². The number of hydrogen-bond acceptors (Lipinski definition) is 4. The molecule has 0 aromatic carbocycles. The predicted octanol–water partition coefficient (Wildman–Crippen LogP) is 4.36. The Hall–Kier alpha value is -1.20.